The summed E-state index contributed by atoms with van der Waals surface area (Å²) in [7, 11) is 0. The molecule has 0 aliphatic carbocycles. The molecule has 0 aromatic carbocycles. The van der Waals surface area contributed by atoms with Crippen LogP contribution in [0.25, 0.3) is 0 Å². The molecular weight excluding hydrogens is 168 g/mol. The summed E-state index contributed by atoms with van der Waals surface area (Å²) in [5, 5.41) is 2.78. The van der Waals surface area contributed by atoms with Crippen molar-refractivity contribution in [2.75, 3.05) is 6.54 Å². The van der Waals surface area contributed by atoms with Crippen LogP contribution in [0.15, 0.2) is 12.5 Å². The van der Waals surface area contributed by atoms with E-state index < -0.39 is 0 Å². The molecular formula is C8H14N4O. The van der Waals surface area contributed by atoms with Crippen LogP contribution in [-0.2, 0) is 0 Å². The van der Waals surface area contributed by atoms with Crippen LogP contribution in [0.3, 0.4) is 0 Å². The Balaban J connectivity index is 2.50. The van der Waals surface area contributed by atoms with Gasteiger partial charge in [-0.1, -0.05) is 6.92 Å². The zero-order valence-corrected chi connectivity index (χ0v) is 7.58. The monoisotopic (exact) mass is 182 g/mol. The van der Waals surface area contributed by atoms with Crippen molar-refractivity contribution in [3.63, 3.8) is 0 Å². The molecule has 1 aromatic rings. The lowest BCUT2D eigenvalue weighted by Gasteiger charge is -2.13. The van der Waals surface area contributed by atoms with Crippen LogP contribution in [0.4, 0.5) is 0 Å². The number of carbonyl (C=O) groups excluding carboxylic acids is 1. The molecule has 4 N–H and O–H groups in total. The van der Waals surface area contributed by atoms with Gasteiger partial charge in [0.2, 0.25) is 0 Å². The highest BCUT2D eigenvalue weighted by molar-refractivity contribution is 5.92. The average Bonchev–Trinajstić information content (AvgIpc) is 2.66. The maximum Gasteiger partial charge on any atom is 0.269 e. The van der Waals surface area contributed by atoms with Crippen molar-refractivity contribution in [2.24, 2.45) is 5.73 Å². The number of amides is 1. The summed E-state index contributed by atoms with van der Waals surface area (Å²) in [6, 6.07) is 0.0378. The number of hydrogen-bond acceptors (Lipinski definition) is 3. The summed E-state index contributed by atoms with van der Waals surface area (Å²) in [5.74, 6) is -0.158. The molecule has 5 nitrogen and oxygen atoms in total. The summed E-state index contributed by atoms with van der Waals surface area (Å²) < 4.78 is 0. The lowest BCUT2D eigenvalue weighted by Crippen LogP contribution is -2.39. The van der Waals surface area contributed by atoms with Crippen molar-refractivity contribution in [1.29, 1.82) is 0 Å². The summed E-state index contributed by atoms with van der Waals surface area (Å²) in [6.07, 6.45) is 3.78. The van der Waals surface area contributed by atoms with E-state index in [4.69, 9.17) is 5.73 Å². The van der Waals surface area contributed by atoms with E-state index in [1.54, 1.807) is 0 Å². The quantitative estimate of drug-likeness (QED) is 0.606. The molecule has 72 valence electrons. The number of aromatic amines is 1. The lowest BCUT2D eigenvalue weighted by molar-refractivity contribution is 0.0932. The van der Waals surface area contributed by atoms with E-state index in [2.05, 4.69) is 15.3 Å². The zero-order valence-electron chi connectivity index (χ0n) is 7.58. The fourth-order valence-electron chi connectivity index (χ4n) is 0.971. The largest absolute Gasteiger partial charge is 0.347 e. The van der Waals surface area contributed by atoms with Crippen LogP contribution in [0.5, 0.6) is 0 Å². The molecule has 5 heteroatoms. The standard InChI is InChI=1S/C8H14N4O/c1-2-6(3-9)12-8(13)7-4-10-5-11-7/h4-6H,2-3,9H2,1H3,(H,10,11)(H,12,13). The molecule has 0 radical (unpaired) electrons. The first-order valence-electron chi connectivity index (χ1n) is 4.27. The number of nitrogens with two attached hydrogens (primary N) is 1. The average molecular weight is 182 g/mol. The van der Waals surface area contributed by atoms with Crippen LogP contribution in [0.1, 0.15) is 23.8 Å². The Morgan fingerprint density at radius 3 is 3.08 bits per heavy atom. The molecule has 0 aliphatic heterocycles. The third-order valence-corrected chi connectivity index (χ3v) is 1.86. The summed E-state index contributed by atoms with van der Waals surface area (Å²) in [4.78, 5) is 17.9. The molecule has 1 amide bonds. The van der Waals surface area contributed by atoms with Crippen molar-refractivity contribution in [1.82, 2.24) is 15.3 Å². The van der Waals surface area contributed by atoms with E-state index in [-0.39, 0.29) is 11.9 Å². The molecule has 0 spiro atoms. The lowest BCUT2D eigenvalue weighted by atomic mass is 10.2. The number of imidazole rings is 1. The fraction of sp³-hybridized carbons (Fsp3) is 0.500. The molecule has 1 heterocycles. The minimum atomic E-state index is -0.158. The Hall–Kier alpha value is -1.36. The smallest absolute Gasteiger partial charge is 0.269 e. The number of nitrogens with one attached hydrogen (secondary N) is 2. The Morgan fingerprint density at radius 2 is 2.62 bits per heavy atom. The molecule has 1 unspecified atom stereocenters. The highest BCUT2D eigenvalue weighted by Gasteiger charge is 2.10. The van der Waals surface area contributed by atoms with Crippen molar-refractivity contribution in [3.8, 4) is 0 Å². The minimum absolute atomic E-state index is 0.0378. The maximum absolute atomic E-state index is 11.4. The van der Waals surface area contributed by atoms with Crippen LogP contribution in [0, 0.1) is 0 Å². The first-order valence-corrected chi connectivity index (χ1v) is 4.27. The molecule has 1 rings (SSSR count). The van der Waals surface area contributed by atoms with E-state index in [9.17, 15) is 4.79 Å². The van der Waals surface area contributed by atoms with E-state index in [0.29, 0.717) is 12.2 Å². The second kappa shape index (κ2) is 4.61. The Morgan fingerprint density at radius 1 is 1.85 bits per heavy atom. The second-order valence-electron chi connectivity index (χ2n) is 2.78. The third-order valence-electron chi connectivity index (χ3n) is 1.86. The zero-order chi connectivity index (χ0) is 9.68. The van der Waals surface area contributed by atoms with E-state index in [1.165, 1.54) is 12.5 Å². The number of hydrogen-bond donors (Lipinski definition) is 3. The first-order chi connectivity index (χ1) is 6.27. The van der Waals surface area contributed by atoms with Gasteiger partial charge in [-0.25, -0.2) is 4.98 Å². The van der Waals surface area contributed by atoms with Gasteiger partial charge in [0.25, 0.3) is 5.91 Å². The topological polar surface area (TPSA) is 83.8 Å². The molecule has 13 heavy (non-hydrogen) atoms. The van der Waals surface area contributed by atoms with E-state index >= 15 is 0 Å². The van der Waals surface area contributed by atoms with Gasteiger partial charge in [0.15, 0.2) is 0 Å². The molecule has 0 saturated heterocycles. The van der Waals surface area contributed by atoms with Gasteiger partial charge in [-0.15, -0.1) is 0 Å². The van der Waals surface area contributed by atoms with E-state index in [1.807, 2.05) is 6.92 Å². The molecule has 0 aliphatic rings. The predicted octanol–water partition coefficient (Wildman–Crippen LogP) is -0.123. The number of rotatable bonds is 4. The van der Waals surface area contributed by atoms with Gasteiger partial charge in [0.05, 0.1) is 12.5 Å². The minimum Gasteiger partial charge on any atom is -0.347 e. The number of nitrogens with zero attached hydrogens (tertiary/aromatic N) is 1. The van der Waals surface area contributed by atoms with Crippen molar-refractivity contribution < 1.29 is 4.79 Å². The van der Waals surface area contributed by atoms with Gasteiger partial charge in [-0.05, 0) is 6.42 Å². The van der Waals surface area contributed by atoms with Gasteiger partial charge in [0.1, 0.15) is 5.69 Å². The Bertz CT molecular complexity index is 253. The van der Waals surface area contributed by atoms with Crippen molar-refractivity contribution in [3.05, 3.63) is 18.2 Å². The second-order valence-corrected chi connectivity index (χ2v) is 2.78. The van der Waals surface area contributed by atoms with Crippen LogP contribution in [-0.4, -0.2) is 28.5 Å². The predicted molar refractivity (Wildman–Crippen MR) is 49.2 cm³/mol. The normalized spacial score (nSPS) is 12.5. The van der Waals surface area contributed by atoms with Crippen molar-refractivity contribution in [2.45, 2.75) is 19.4 Å². The SMILES string of the molecule is CCC(CN)NC(=O)c1cnc[nH]1. The summed E-state index contributed by atoms with van der Waals surface area (Å²) in [5.41, 5.74) is 5.91. The fourth-order valence-corrected chi connectivity index (χ4v) is 0.971. The highest BCUT2D eigenvalue weighted by atomic mass is 16.1. The molecule has 1 atom stereocenters. The van der Waals surface area contributed by atoms with Gasteiger partial charge in [0, 0.05) is 12.6 Å². The van der Waals surface area contributed by atoms with Gasteiger partial charge < -0.3 is 16.0 Å². The Labute approximate surface area is 76.7 Å². The third kappa shape index (κ3) is 2.55. The summed E-state index contributed by atoms with van der Waals surface area (Å²) in [6.45, 7) is 2.43. The first kappa shape index (κ1) is 9.73. The van der Waals surface area contributed by atoms with E-state index in [0.717, 1.165) is 6.42 Å². The molecule has 0 fully saturated rings. The van der Waals surface area contributed by atoms with Gasteiger partial charge >= 0.3 is 0 Å². The summed E-state index contributed by atoms with van der Waals surface area (Å²) >= 11 is 0. The van der Waals surface area contributed by atoms with Crippen LogP contribution >= 0.6 is 0 Å². The van der Waals surface area contributed by atoms with Gasteiger partial charge in [-0.3, -0.25) is 4.79 Å². The van der Waals surface area contributed by atoms with Gasteiger partial charge in [-0.2, -0.15) is 0 Å². The Kier molecular flexibility index (Phi) is 3.45. The maximum atomic E-state index is 11.4. The van der Waals surface area contributed by atoms with Crippen LogP contribution < -0.4 is 11.1 Å². The molecule has 1 aromatic heterocycles. The number of H-pyrrole nitrogens is 1. The van der Waals surface area contributed by atoms with Crippen LogP contribution in [0.2, 0.25) is 0 Å². The van der Waals surface area contributed by atoms with Crippen molar-refractivity contribution >= 4 is 5.91 Å². The molecule has 0 saturated carbocycles. The number of aromatic nitrogens is 2. The number of carbonyl (C=O) groups is 1. The molecule has 0 bridgehead atoms. The highest BCUT2D eigenvalue weighted by Crippen LogP contribution is 1.94.